The van der Waals surface area contributed by atoms with Crippen LogP contribution in [-0.2, 0) is 6.42 Å². The van der Waals surface area contributed by atoms with Crippen LogP contribution in [0.2, 0.25) is 0 Å². The van der Waals surface area contributed by atoms with E-state index < -0.39 is 0 Å². The average molecular weight is 368 g/mol. The first-order valence-electron chi connectivity index (χ1n) is 10.7. The molecule has 0 radical (unpaired) electrons. The minimum Gasteiger partial charge on any atom is -0.396 e. The van der Waals surface area contributed by atoms with Crippen LogP contribution in [0.5, 0.6) is 0 Å². The molecule has 1 aromatic carbocycles. The molecule has 0 unspecified atom stereocenters. The van der Waals surface area contributed by atoms with Crippen molar-refractivity contribution in [3.05, 3.63) is 47.0 Å². The van der Waals surface area contributed by atoms with Gasteiger partial charge in [0.25, 0.3) is 0 Å². The fraction of sp³-hybridized carbons (Fsp3) is 0.625. The number of aliphatic hydroxyl groups excluding tert-OH is 1. The number of allylic oxidation sites excluding steroid dienone is 2. The molecule has 0 aromatic heterocycles. The highest BCUT2D eigenvalue weighted by molar-refractivity contribution is 5.93. The molecule has 27 heavy (non-hydrogen) atoms. The summed E-state index contributed by atoms with van der Waals surface area (Å²) in [5.74, 6) is 2.61. The van der Waals surface area contributed by atoms with Crippen molar-refractivity contribution in [1.82, 2.24) is 0 Å². The molecular formula is C24H33NO2. The van der Waals surface area contributed by atoms with Crippen LogP contribution < -0.4 is 5.73 Å². The van der Waals surface area contributed by atoms with Gasteiger partial charge in [-0.25, -0.2) is 0 Å². The molecule has 1 aromatic rings. The molecule has 146 valence electrons. The number of hydrogen-bond acceptors (Lipinski definition) is 2. The van der Waals surface area contributed by atoms with Gasteiger partial charge in [0.05, 0.1) is 0 Å². The predicted molar refractivity (Wildman–Crippen MR) is 108 cm³/mol. The minimum atomic E-state index is -0.327. The van der Waals surface area contributed by atoms with Crippen molar-refractivity contribution in [2.75, 3.05) is 6.61 Å². The van der Waals surface area contributed by atoms with Crippen LogP contribution in [0, 0.1) is 29.1 Å². The van der Waals surface area contributed by atoms with Crippen LogP contribution in [0.1, 0.15) is 73.4 Å². The molecule has 0 saturated heterocycles. The fourth-order valence-corrected chi connectivity index (χ4v) is 6.36. The molecule has 3 nitrogen and oxygen atoms in total. The van der Waals surface area contributed by atoms with Gasteiger partial charge >= 0.3 is 0 Å². The summed E-state index contributed by atoms with van der Waals surface area (Å²) in [6.45, 7) is 4.78. The standard InChI is InChI=1S/C24H33NO2/c1-15(2)18(14-26)13-24-10-3-4-22(24)21-8-5-16-12-17(23(25)27)6-7-19(16)20(21)9-11-24/h3,6-7,10,12,15,18,20-22,26H,4-5,8-9,11,13-14H2,1-2H3,(H2,25,27)/t18-,20+,21+,22-,24-/m0/s1. The number of fused-ring (bicyclic) bond motifs is 5. The quantitative estimate of drug-likeness (QED) is 0.756. The van der Waals surface area contributed by atoms with E-state index in [1.54, 1.807) is 0 Å². The molecule has 0 bridgehead atoms. The number of nitrogens with two attached hydrogens (primary N) is 1. The van der Waals surface area contributed by atoms with E-state index in [-0.39, 0.29) is 11.3 Å². The summed E-state index contributed by atoms with van der Waals surface area (Å²) in [6, 6.07) is 6.12. The molecule has 3 aliphatic carbocycles. The molecule has 3 heteroatoms. The number of primary amides is 1. The van der Waals surface area contributed by atoms with E-state index in [1.807, 2.05) is 12.1 Å². The van der Waals surface area contributed by atoms with Gasteiger partial charge in [0.1, 0.15) is 0 Å². The smallest absolute Gasteiger partial charge is 0.248 e. The number of benzene rings is 1. The normalized spacial score (nSPS) is 32.7. The Hall–Kier alpha value is -1.61. The van der Waals surface area contributed by atoms with Crippen molar-refractivity contribution in [3.8, 4) is 0 Å². The maximum absolute atomic E-state index is 11.5. The largest absolute Gasteiger partial charge is 0.396 e. The van der Waals surface area contributed by atoms with Crippen LogP contribution in [0.15, 0.2) is 30.4 Å². The fourth-order valence-electron chi connectivity index (χ4n) is 6.36. The minimum absolute atomic E-state index is 0.281. The van der Waals surface area contributed by atoms with E-state index in [1.165, 1.54) is 36.8 Å². The van der Waals surface area contributed by atoms with Crippen molar-refractivity contribution < 1.29 is 9.90 Å². The van der Waals surface area contributed by atoms with Gasteiger partial charge < -0.3 is 10.8 Å². The van der Waals surface area contributed by atoms with Gasteiger partial charge in [0.15, 0.2) is 0 Å². The Balaban J connectivity index is 1.61. The van der Waals surface area contributed by atoms with Crippen LogP contribution in [0.3, 0.4) is 0 Å². The van der Waals surface area contributed by atoms with Crippen molar-refractivity contribution in [2.45, 2.75) is 58.3 Å². The number of aryl methyl sites for hydroxylation is 1. The molecule has 0 spiro atoms. The number of hydrogen-bond donors (Lipinski definition) is 2. The van der Waals surface area contributed by atoms with Crippen LogP contribution in [-0.4, -0.2) is 17.6 Å². The third-order valence-electron chi connectivity index (χ3n) is 7.93. The first-order valence-corrected chi connectivity index (χ1v) is 10.7. The van der Waals surface area contributed by atoms with E-state index in [0.717, 1.165) is 12.8 Å². The van der Waals surface area contributed by atoms with Crippen molar-refractivity contribution in [1.29, 1.82) is 0 Å². The average Bonchev–Trinajstić information content (AvgIpc) is 3.09. The molecule has 4 rings (SSSR count). The molecule has 1 fully saturated rings. The zero-order valence-corrected chi connectivity index (χ0v) is 16.7. The molecule has 1 amide bonds. The number of aliphatic hydroxyl groups is 1. The lowest BCUT2D eigenvalue weighted by atomic mass is 9.53. The summed E-state index contributed by atoms with van der Waals surface area (Å²) in [7, 11) is 0. The molecule has 0 aliphatic heterocycles. The van der Waals surface area contributed by atoms with Crippen LogP contribution in [0.25, 0.3) is 0 Å². The molecule has 1 saturated carbocycles. The Kier molecular flexibility index (Phi) is 4.92. The second-order valence-electron chi connectivity index (χ2n) is 9.49. The maximum Gasteiger partial charge on any atom is 0.248 e. The highest BCUT2D eigenvalue weighted by atomic mass is 16.3. The molecule has 3 N–H and O–H groups in total. The lowest BCUT2D eigenvalue weighted by Gasteiger charge is -2.51. The van der Waals surface area contributed by atoms with E-state index in [0.29, 0.717) is 41.8 Å². The summed E-state index contributed by atoms with van der Waals surface area (Å²) in [5, 5.41) is 9.92. The Bertz CT molecular complexity index is 753. The van der Waals surface area contributed by atoms with Crippen molar-refractivity contribution in [2.24, 2.45) is 34.8 Å². The van der Waals surface area contributed by atoms with Crippen molar-refractivity contribution >= 4 is 5.91 Å². The van der Waals surface area contributed by atoms with Crippen LogP contribution in [0.4, 0.5) is 0 Å². The van der Waals surface area contributed by atoms with Gasteiger partial charge in [-0.3, -0.25) is 4.79 Å². The monoisotopic (exact) mass is 367 g/mol. The van der Waals surface area contributed by atoms with Gasteiger partial charge in [0.2, 0.25) is 5.91 Å². The van der Waals surface area contributed by atoms with Gasteiger partial charge in [-0.15, -0.1) is 0 Å². The zero-order valence-electron chi connectivity index (χ0n) is 16.7. The van der Waals surface area contributed by atoms with Gasteiger partial charge in [-0.1, -0.05) is 32.1 Å². The summed E-state index contributed by atoms with van der Waals surface area (Å²) < 4.78 is 0. The first kappa shape index (κ1) is 18.7. The third kappa shape index (κ3) is 3.14. The van der Waals surface area contributed by atoms with Crippen molar-refractivity contribution in [3.63, 3.8) is 0 Å². The number of rotatable bonds is 5. The highest BCUT2D eigenvalue weighted by Gasteiger charge is 2.51. The first-order chi connectivity index (χ1) is 12.9. The van der Waals surface area contributed by atoms with Gasteiger partial charge in [-0.05, 0) is 96.8 Å². The Morgan fingerprint density at radius 1 is 1.33 bits per heavy atom. The SMILES string of the molecule is CC(C)[C@H](CO)C[C@@]12C=CC[C@H]1[C@@H]1CCc3cc(C(N)=O)ccc3[C@H]1CC2. The number of carbonyl (C=O) groups excluding carboxylic acids is 1. The lowest BCUT2D eigenvalue weighted by Crippen LogP contribution is -2.43. The molecular weight excluding hydrogens is 334 g/mol. The second-order valence-corrected chi connectivity index (χ2v) is 9.49. The zero-order chi connectivity index (χ0) is 19.2. The lowest BCUT2D eigenvalue weighted by molar-refractivity contribution is 0.0295. The second kappa shape index (κ2) is 7.09. The Morgan fingerprint density at radius 2 is 2.15 bits per heavy atom. The summed E-state index contributed by atoms with van der Waals surface area (Å²) in [5.41, 5.74) is 9.20. The summed E-state index contributed by atoms with van der Waals surface area (Å²) in [4.78, 5) is 11.5. The van der Waals surface area contributed by atoms with Crippen LogP contribution >= 0.6 is 0 Å². The topological polar surface area (TPSA) is 63.3 Å². The van der Waals surface area contributed by atoms with E-state index in [4.69, 9.17) is 5.73 Å². The third-order valence-corrected chi connectivity index (χ3v) is 7.93. The maximum atomic E-state index is 11.5. The van der Waals surface area contributed by atoms with E-state index >= 15 is 0 Å². The van der Waals surface area contributed by atoms with Gasteiger partial charge in [0, 0.05) is 12.2 Å². The number of carbonyl (C=O) groups is 1. The summed E-state index contributed by atoms with van der Waals surface area (Å²) >= 11 is 0. The molecule has 0 heterocycles. The number of amides is 1. The van der Waals surface area contributed by atoms with E-state index in [9.17, 15) is 9.90 Å². The molecule has 5 atom stereocenters. The van der Waals surface area contributed by atoms with E-state index in [2.05, 4.69) is 32.1 Å². The van der Waals surface area contributed by atoms with Gasteiger partial charge in [-0.2, -0.15) is 0 Å². The predicted octanol–water partition coefficient (Wildman–Crippen LogP) is 4.44. The summed E-state index contributed by atoms with van der Waals surface area (Å²) in [6.07, 6.45) is 11.9. The Morgan fingerprint density at radius 3 is 2.85 bits per heavy atom. The molecule has 3 aliphatic rings. The Labute approximate surface area is 163 Å². The highest BCUT2D eigenvalue weighted by Crippen LogP contribution is 2.61.